The van der Waals surface area contributed by atoms with Crippen LogP contribution < -0.4 is 5.43 Å². The van der Waals surface area contributed by atoms with Crippen LogP contribution in [0.3, 0.4) is 0 Å². The van der Waals surface area contributed by atoms with Crippen LogP contribution in [0.25, 0.3) is 22.3 Å². The minimum absolute atomic E-state index is 0.00157. The highest BCUT2D eigenvalue weighted by Crippen LogP contribution is 2.31. The zero-order chi connectivity index (χ0) is 21.5. The van der Waals surface area contributed by atoms with E-state index in [2.05, 4.69) is 25.1 Å². The molecule has 0 fully saturated rings. The number of pyridine rings is 1. The van der Waals surface area contributed by atoms with Crippen LogP contribution in [-0.4, -0.2) is 10.3 Å². The number of hydrogen-bond acceptors (Lipinski definition) is 3. The Bertz CT molecular complexity index is 1130. The van der Waals surface area contributed by atoms with Gasteiger partial charge >= 0.3 is 0 Å². The lowest BCUT2D eigenvalue weighted by molar-refractivity contribution is 0.753. The van der Waals surface area contributed by atoms with Crippen molar-refractivity contribution in [2.45, 2.75) is 37.5 Å². The molecule has 0 bridgehead atoms. The number of thioether (sulfide) groups is 1. The van der Waals surface area contributed by atoms with E-state index in [-0.39, 0.29) is 5.43 Å². The van der Waals surface area contributed by atoms with Gasteiger partial charge in [0.25, 0.3) is 0 Å². The maximum absolute atomic E-state index is 13.4. The molecule has 0 spiro atoms. The second-order valence-electron chi connectivity index (χ2n) is 7.22. The van der Waals surface area contributed by atoms with Crippen molar-refractivity contribution in [2.75, 3.05) is 5.75 Å². The minimum atomic E-state index is 0.00157. The van der Waals surface area contributed by atoms with Gasteiger partial charge in [-0.25, -0.2) is 0 Å². The molecule has 0 aliphatic rings. The maximum Gasteiger partial charge on any atom is 0.197 e. The molecule has 0 aliphatic carbocycles. The predicted octanol–water partition coefficient (Wildman–Crippen LogP) is 6.72. The Labute approximate surface area is 187 Å². The summed E-state index contributed by atoms with van der Waals surface area (Å²) in [6.07, 6.45) is 7.09. The van der Waals surface area contributed by atoms with Crippen molar-refractivity contribution in [3.8, 4) is 28.3 Å². The average molecular weight is 437 g/mol. The van der Waals surface area contributed by atoms with Gasteiger partial charge < -0.3 is 4.57 Å². The van der Waals surface area contributed by atoms with Crippen LogP contribution in [0, 0.1) is 11.3 Å². The third-order valence-corrected chi connectivity index (χ3v) is 6.32. The molecule has 0 radical (unpaired) electrons. The number of nitriles is 1. The standard InChI is InChI=1S/C25H25ClN2OS/c1-3-30-24-12-11-20(15-23(24)26)22-17-28(2)16-21(25(22)29)19-10-7-9-18(14-19)8-5-4-6-13-27/h7,9-12,14-17H,3-6,8H2,1-2H3. The van der Waals surface area contributed by atoms with Crippen molar-refractivity contribution < 1.29 is 0 Å². The molecular weight excluding hydrogens is 412 g/mol. The van der Waals surface area contributed by atoms with Gasteiger partial charge in [-0.2, -0.15) is 5.26 Å². The van der Waals surface area contributed by atoms with E-state index >= 15 is 0 Å². The molecule has 3 rings (SSSR count). The van der Waals surface area contributed by atoms with E-state index in [9.17, 15) is 4.79 Å². The Hall–Kier alpha value is -2.48. The first-order valence-electron chi connectivity index (χ1n) is 10.1. The summed E-state index contributed by atoms with van der Waals surface area (Å²) in [6.45, 7) is 2.09. The van der Waals surface area contributed by atoms with Crippen molar-refractivity contribution >= 4 is 23.4 Å². The smallest absolute Gasteiger partial charge is 0.197 e. The highest BCUT2D eigenvalue weighted by molar-refractivity contribution is 7.99. The van der Waals surface area contributed by atoms with E-state index in [0.29, 0.717) is 22.6 Å². The fourth-order valence-corrected chi connectivity index (χ4v) is 4.50. The van der Waals surface area contributed by atoms with Gasteiger partial charge in [0.05, 0.1) is 11.1 Å². The quantitative estimate of drug-likeness (QED) is 0.290. The Kier molecular flexibility index (Phi) is 7.79. The third-order valence-electron chi connectivity index (χ3n) is 4.94. The van der Waals surface area contributed by atoms with E-state index < -0.39 is 0 Å². The third kappa shape index (κ3) is 5.36. The van der Waals surface area contributed by atoms with E-state index in [4.69, 9.17) is 16.9 Å². The number of rotatable bonds is 8. The summed E-state index contributed by atoms with van der Waals surface area (Å²) in [4.78, 5) is 14.4. The van der Waals surface area contributed by atoms with E-state index in [1.165, 1.54) is 5.56 Å². The van der Waals surface area contributed by atoms with Crippen molar-refractivity contribution in [3.63, 3.8) is 0 Å². The monoisotopic (exact) mass is 436 g/mol. The number of benzene rings is 2. The van der Waals surface area contributed by atoms with Gasteiger partial charge in [-0.1, -0.05) is 48.9 Å². The molecule has 0 aliphatic heterocycles. The van der Waals surface area contributed by atoms with Crippen LogP contribution in [0.1, 0.15) is 31.7 Å². The van der Waals surface area contributed by atoms with E-state index in [1.54, 1.807) is 11.8 Å². The first kappa shape index (κ1) is 22.2. The van der Waals surface area contributed by atoms with Gasteiger partial charge in [0, 0.05) is 41.9 Å². The molecule has 0 N–H and O–H groups in total. The SMILES string of the molecule is CCSc1ccc(-c2cn(C)cc(-c3cccc(CCCCC#N)c3)c2=O)cc1Cl. The molecule has 2 aromatic carbocycles. The van der Waals surface area contributed by atoms with Gasteiger partial charge in [0.1, 0.15) is 0 Å². The number of unbranched alkanes of at least 4 members (excludes halogenated alkanes) is 2. The van der Waals surface area contributed by atoms with Crippen molar-refractivity contribution in [3.05, 3.63) is 75.7 Å². The van der Waals surface area contributed by atoms with Gasteiger partial charge in [0.2, 0.25) is 0 Å². The van der Waals surface area contributed by atoms with Crippen LogP contribution in [-0.2, 0) is 13.5 Å². The Balaban J connectivity index is 1.97. The summed E-state index contributed by atoms with van der Waals surface area (Å²) in [7, 11) is 1.93. The highest BCUT2D eigenvalue weighted by Gasteiger charge is 2.13. The molecule has 3 nitrogen and oxygen atoms in total. The summed E-state index contributed by atoms with van der Waals surface area (Å²) in [5.41, 5.74) is 4.25. The molecular formula is C25H25ClN2OS. The summed E-state index contributed by atoms with van der Waals surface area (Å²) in [5, 5.41) is 9.37. The molecule has 0 atom stereocenters. The molecule has 5 heteroatoms. The lowest BCUT2D eigenvalue weighted by Crippen LogP contribution is -2.11. The number of nitrogens with zero attached hydrogens (tertiary/aromatic N) is 2. The van der Waals surface area contributed by atoms with E-state index in [1.807, 2.05) is 54.3 Å². The summed E-state index contributed by atoms with van der Waals surface area (Å²) < 4.78 is 1.92. The summed E-state index contributed by atoms with van der Waals surface area (Å²) in [6, 6.07) is 16.2. The molecule has 0 unspecified atom stereocenters. The predicted molar refractivity (Wildman–Crippen MR) is 127 cm³/mol. The van der Waals surface area contributed by atoms with Gasteiger partial charge in [-0.15, -0.1) is 11.8 Å². The maximum atomic E-state index is 13.4. The average Bonchev–Trinajstić information content (AvgIpc) is 2.74. The van der Waals surface area contributed by atoms with Crippen LogP contribution in [0.5, 0.6) is 0 Å². The topological polar surface area (TPSA) is 45.8 Å². The number of halogens is 1. The largest absolute Gasteiger partial charge is 0.356 e. The van der Waals surface area contributed by atoms with Crippen molar-refractivity contribution in [1.29, 1.82) is 5.26 Å². The van der Waals surface area contributed by atoms with Crippen LogP contribution in [0.4, 0.5) is 0 Å². The molecule has 1 heterocycles. The van der Waals surface area contributed by atoms with Crippen LogP contribution in [0.2, 0.25) is 5.02 Å². The minimum Gasteiger partial charge on any atom is -0.356 e. The molecule has 0 saturated heterocycles. The van der Waals surface area contributed by atoms with Crippen LogP contribution >= 0.6 is 23.4 Å². The highest BCUT2D eigenvalue weighted by atomic mass is 35.5. The molecule has 3 aromatic rings. The van der Waals surface area contributed by atoms with Gasteiger partial charge in [-0.3, -0.25) is 4.79 Å². The zero-order valence-corrected chi connectivity index (χ0v) is 18.9. The van der Waals surface area contributed by atoms with Crippen molar-refractivity contribution in [2.24, 2.45) is 7.05 Å². The molecule has 30 heavy (non-hydrogen) atoms. The number of aromatic nitrogens is 1. The normalized spacial score (nSPS) is 10.7. The molecule has 154 valence electrons. The molecule has 0 amide bonds. The second kappa shape index (κ2) is 10.5. The van der Waals surface area contributed by atoms with E-state index in [0.717, 1.165) is 41.0 Å². The fourth-order valence-electron chi connectivity index (χ4n) is 3.49. The second-order valence-corrected chi connectivity index (χ2v) is 8.94. The summed E-state index contributed by atoms with van der Waals surface area (Å²) >= 11 is 8.14. The Morgan fingerprint density at radius 1 is 1.07 bits per heavy atom. The Morgan fingerprint density at radius 3 is 2.47 bits per heavy atom. The lowest BCUT2D eigenvalue weighted by Gasteiger charge is -2.11. The number of aryl methyl sites for hydroxylation is 2. The lowest BCUT2D eigenvalue weighted by atomic mass is 9.98. The zero-order valence-electron chi connectivity index (χ0n) is 17.3. The number of hydrogen-bond donors (Lipinski definition) is 0. The Morgan fingerprint density at radius 2 is 1.80 bits per heavy atom. The van der Waals surface area contributed by atoms with Crippen LogP contribution in [0.15, 0.2) is 64.5 Å². The summed E-state index contributed by atoms with van der Waals surface area (Å²) in [5.74, 6) is 0.948. The van der Waals surface area contributed by atoms with Gasteiger partial charge in [-0.05, 0) is 53.8 Å². The van der Waals surface area contributed by atoms with Crippen molar-refractivity contribution in [1.82, 2.24) is 4.57 Å². The first-order chi connectivity index (χ1) is 14.5. The molecule has 0 saturated carbocycles. The fraction of sp³-hybridized carbons (Fsp3) is 0.280. The van der Waals surface area contributed by atoms with Gasteiger partial charge in [0.15, 0.2) is 5.43 Å². The molecule has 1 aromatic heterocycles. The first-order valence-corrected chi connectivity index (χ1v) is 11.5.